The predicted molar refractivity (Wildman–Crippen MR) is 83.7 cm³/mol. The van der Waals surface area contributed by atoms with Gasteiger partial charge in [0.2, 0.25) is 11.8 Å². The number of hydrogen-bond acceptors (Lipinski definition) is 4. The van der Waals surface area contributed by atoms with Crippen molar-refractivity contribution in [2.75, 3.05) is 26.7 Å². The molecule has 0 spiro atoms. The summed E-state index contributed by atoms with van der Waals surface area (Å²) in [5, 5.41) is 10.2. The number of carbonyl (C=O) groups excluding carboxylic acids is 2. The third-order valence-corrected chi connectivity index (χ3v) is 4.31. The van der Waals surface area contributed by atoms with Gasteiger partial charge in [-0.2, -0.15) is 0 Å². The summed E-state index contributed by atoms with van der Waals surface area (Å²) >= 11 is 0. The number of amides is 2. The van der Waals surface area contributed by atoms with Crippen LogP contribution in [0.15, 0.2) is 24.3 Å². The molecule has 1 atom stereocenters. The summed E-state index contributed by atoms with van der Waals surface area (Å²) in [6.07, 6.45) is 1.09. The van der Waals surface area contributed by atoms with Crippen LogP contribution in [-0.4, -0.2) is 59.6 Å². The lowest BCUT2D eigenvalue weighted by Crippen LogP contribution is -2.40. The number of rotatable bonds is 4. The third kappa shape index (κ3) is 3.82. The van der Waals surface area contributed by atoms with Gasteiger partial charge < -0.3 is 19.6 Å². The highest BCUT2D eigenvalue weighted by Crippen LogP contribution is 2.31. The van der Waals surface area contributed by atoms with Crippen LogP contribution in [0.25, 0.3) is 0 Å². The Balaban J connectivity index is 1.67. The van der Waals surface area contributed by atoms with Crippen LogP contribution in [0.1, 0.15) is 18.4 Å². The molecule has 0 bridgehead atoms. The molecule has 1 aromatic carbocycles. The van der Waals surface area contributed by atoms with Crippen molar-refractivity contribution in [2.45, 2.75) is 25.5 Å². The van der Waals surface area contributed by atoms with E-state index in [1.807, 2.05) is 24.3 Å². The molecular formula is C17H22N2O4. The minimum absolute atomic E-state index is 0.00342. The number of hydrogen-bond donors (Lipinski definition) is 1. The molecule has 1 N–H and O–H groups in total. The quantitative estimate of drug-likeness (QED) is 0.884. The average Bonchev–Trinajstić information content (AvgIpc) is 3.38. The molecule has 1 unspecified atom stereocenters. The van der Waals surface area contributed by atoms with Gasteiger partial charge in [0.25, 0.3) is 0 Å². The molecule has 6 nitrogen and oxygen atoms in total. The predicted octanol–water partition coefficient (Wildman–Crippen LogP) is 0.637. The summed E-state index contributed by atoms with van der Waals surface area (Å²) in [4.78, 5) is 27.7. The van der Waals surface area contributed by atoms with Crippen LogP contribution in [0.2, 0.25) is 0 Å². The first-order valence-corrected chi connectivity index (χ1v) is 7.94. The van der Waals surface area contributed by atoms with Gasteiger partial charge in [0.1, 0.15) is 5.75 Å². The number of aliphatic hydroxyl groups excluding tert-OH is 1. The van der Waals surface area contributed by atoms with Crippen molar-refractivity contribution in [1.82, 2.24) is 9.80 Å². The van der Waals surface area contributed by atoms with E-state index in [0.717, 1.165) is 24.2 Å². The van der Waals surface area contributed by atoms with E-state index in [2.05, 4.69) is 0 Å². The Morgan fingerprint density at radius 3 is 2.57 bits per heavy atom. The lowest BCUT2D eigenvalue weighted by atomic mass is 10.2. The minimum atomic E-state index is -0.706. The fraction of sp³-hybridized carbons (Fsp3) is 0.529. The normalized spacial score (nSPS) is 22.0. The van der Waals surface area contributed by atoms with Crippen molar-refractivity contribution in [3.63, 3.8) is 0 Å². The van der Waals surface area contributed by atoms with Crippen molar-refractivity contribution >= 4 is 11.8 Å². The molecule has 0 aromatic heterocycles. The van der Waals surface area contributed by atoms with Crippen LogP contribution in [-0.2, 0) is 16.1 Å². The van der Waals surface area contributed by atoms with Crippen LogP contribution in [0.5, 0.6) is 5.75 Å². The molecule has 1 heterocycles. The van der Waals surface area contributed by atoms with Gasteiger partial charge in [-0.3, -0.25) is 9.59 Å². The fourth-order valence-electron chi connectivity index (χ4n) is 2.86. The zero-order chi connectivity index (χ0) is 16.4. The van der Waals surface area contributed by atoms with E-state index in [1.165, 1.54) is 4.90 Å². The number of carbonyl (C=O) groups is 2. The molecule has 1 aliphatic carbocycles. The lowest BCUT2D eigenvalue weighted by molar-refractivity contribution is -0.139. The molecule has 3 rings (SSSR count). The van der Waals surface area contributed by atoms with E-state index >= 15 is 0 Å². The molecule has 2 aliphatic rings. The van der Waals surface area contributed by atoms with E-state index in [-0.39, 0.29) is 37.4 Å². The number of β-amino-alcohol motifs (C(OH)–C–C–N with tert-alkyl or cyclic N) is 1. The molecular weight excluding hydrogens is 296 g/mol. The number of aliphatic hydroxyl groups is 1. The summed E-state index contributed by atoms with van der Waals surface area (Å²) in [5.41, 5.74) is 0.966. The second kappa shape index (κ2) is 6.58. The van der Waals surface area contributed by atoms with Crippen LogP contribution < -0.4 is 4.74 Å². The first-order valence-electron chi connectivity index (χ1n) is 7.94. The lowest BCUT2D eigenvalue weighted by Gasteiger charge is -2.22. The minimum Gasteiger partial charge on any atom is -0.497 e. The Labute approximate surface area is 135 Å². The highest BCUT2D eigenvalue weighted by molar-refractivity contribution is 5.87. The van der Waals surface area contributed by atoms with Gasteiger partial charge in [0.05, 0.1) is 19.8 Å². The molecule has 1 saturated carbocycles. The van der Waals surface area contributed by atoms with Gasteiger partial charge in [-0.1, -0.05) is 12.1 Å². The summed E-state index contributed by atoms with van der Waals surface area (Å²) in [6.45, 7) is 0.966. The summed E-state index contributed by atoms with van der Waals surface area (Å²) in [6, 6.07) is 7.49. The molecule has 1 aliphatic heterocycles. The van der Waals surface area contributed by atoms with Gasteiger partial charge >= 0.3 is 0 Å². The molecule has 1 aromatic rings. The van der Waals surface area contributed by atoms with Crippen LogP contribution in [0, 0.1) is 5.92 Å². The van der Waals surface area contributed by atoms with Crippen molar-refractivity contribution in [3.05, 3.63) is 29.8 Å². The van der Waals surface area contributed by atoms with Crippen LogP contribution >= 0.6 is 0 Å². The topological polar surface area (TPSA) is 70.1 Å². The summed E-state index contributed by atoms with van der Waals surface area (Å²) in [5.74, 6) is 0.704. The first-order chi connectivity index (χ1) is 11.1. The van der Waals surface area contributed by atoms with Gasteiger partial charge in [0.15, 0.2) is 0 Å². The molecule has 1 saturated heterocycles. The number of benzene rings is 1. The number of nitrogens with zero attached hydrogens (tertiary/aromatic N) is 2. The van der Waals surface area contributed by atoms with Gasteiger partial charge in [0, 0.05) is 25.6 Å². The van der Waals surface area contributed by atoms with Crippen molar-refractivity contribution in [2.24, 2.45) is 5.92 Å². The standard InChI is InChI=1S/C17H22N2O4/c1-23-15-6-2-12(3-7-15)8-18-9-14(20)10-19(11-16(18)21)17(22)13-4-5-13/h2-3,6-7,13-14,20H,4-5,8-11H2,1H3. The van der Waals surface area contributed by atoms with Crippen LogP contribution in [0.3, 0.4) is 0 Å². The number of methoxy groups -OCH3 is 1. The monoisotopic (exact) mass is 318 g/mol. The molecule has 0 radical (unpaired) electrons. The average molecular weight is 318 g/mol. The largest absolute Gasteiger partial charge is 0.497 e. The molecule has 6 heteroatoms. The highest BCUT2D eigenvalue weighted by Gasteiger charge is 2.37. The first kappa shape index (κ1) is 15.8. The van der Waals surface area contributed by atoms with E-state index in [9.17, 15) is 14.7 Å². The Morgan fingerprint density at radius 2 is 1.96 bits per heavy atom. The highest BCUT2D eigenvalue weighted by atomic mass is 16.5. The molecule has 2 fully saturated rings. The van der Waals surface area contributed by atoms with Gasteiger partial charge in [-0.15, -0.1) is 0 Å². The zero-order valence-electron chi connectivity index (χ0n) is 13.3. The maximum atomic E-state index is 12.4. The summed E-state index contributed by atoms with van der Waals surface area (Å²) < 4.78 is 5.12. The summed E-state index contributed by atoms with van der Waals surface area (Å²) in [7, 11) is 1.61. The Kier molecular flexibility index (Phi) is 4.52. The molecule has 124 valence electrons. The molecule has 2 amide bonds. The third-order valence-electron chi connectivity index (χ3n) is 4.31. The SMILES string of the molecule is COc1ccc(CN2CC(O)CN(C(=O)C3CC3)CC2=O)cc1. The van der Waals surface area contributed by atoms with Crippen LogP contribution in [0.4, 0.5) is 0 Å². The van der Waals surface area contributed by atoms with Crippen molar-refractivity contribution in [1.29, 1.82) is 0 Å². The zero-order valence-corrected chi connectivity index (χ0v) is 13.3. The molecule has 23 heavy (non-hydrogen) atoms. The Bertz CT molecular complexity index is 583. The van der Waals surface area contributed by atoms with Gasteiger partial charge in [-0.05, 0) is 30.5 Å². The smallest absolute Gasteiger partial charge is 0.242 e. The number of ether oxygens (including phenoxy) is 1. The second-order valence-electron chi connectivity index (χ2n) is 6.27. The Morgan fingerprint density at radius 1 is 1.26 bits per heavy atom. The second-order valence-corrected chi connectivity index (χ2v) is 6.27. The Hall–Kier alpha value is -2.08. The van der Waals surface area contributed by atoms with E-state index in [0.29, 0.717) is 6.54 Å². The van der Waals surface area contributed by atoms with E-state index < -0.39 is 6.10 Å². The fourth-order valence-corrected chi connectivity index (χ4v) is 2.86. The van der Waals surface area contributed by atoms with Crippen molar-refractivity contribution in [3.8, 4) is 5.75 Å². The van der Waals surface area contributed by atoms with E-state index in [1.54, 1.807) is 12.0 Å². The maximum absolute atomic E-state index is 12.4. The van der Waals surface area contributed by atoms with Gasteiger partial charge in [-0.25, -0.2) is 0 Å². The van der Waals surface area contributed by atoms with Crippen molar-refractivity contribution < 1.29 is 19.4 Å². The maximum Gasteiger partial charge on any atom is 0.242 e. The van der Waals surface area contributed by atoms with E-state index in [4.69, 9.17) is 4.74 Å².